The summed E-state index contributed by atoms with van der Waals surface area (Å²) in [6.07, 6.45) is 7.34. The van der Waals surface area contributed by atoms with Crippen molar-refractivity contribution in [2.75, 3.05) is 0 Å². The zero-order valence-corrected chi connectivity index (χ0v) is 15.6. The van der Waals surface area contributed by atoms with Gasteiger partial charge in [-0.05, 0) is 85.5 Å². The quantitative estimate of drug-likeness (QED) is 0.730. The van der Waals surface area contributed by atoms with Crippen LogP contribution in [-0.2, 0) is 5.41 Å². The number of carbonyl (C=O) groups excluding carboxylic acids is 1. The van der Waals surface area contributed by atoms with Crippen molar-refractivity contribution in [2.24, 2.45) is 17.8 Å². The summed E-state index contributed by atoms with van der Waals surface area (Å²) in [7, 11) is 0. The van der Waals surface area contributed by atoms with Crippen molar-refractivity contribution in [1.82, 2.24) is 0 Å². The molecule has 0 heterocycles. The number of aromatic carboxylic acids is 1. The maximum Gasteiger partial charge on any atom is 1.00 e. The Morgan fingerprint density at radius 1 is 1.10 bits per heavy atom. The number of aromatic hydroxyl groups is 1. The number of phenols is 1. The van der Waals surface area contributed by atoms with Crippen molar-refractivity contribution in [3.63, 3.8) is 0 Å². The summed E-state index contributed by atoms with van der Waals surface area (Å²) in [5, 5.41) is 21.4. The van der Waals surface area contributed by atoms with Crippen molar-refractivity contribution in [2.45, 2.75) is 43.9 Å². The first-order valence-electron chi connectivity index (χ1n) is 7.60. The fourth-order valence-corrected chi connectivity index (χ4v) is 5.53. The van der Waals surface area contributed by atoms with Gasteiger partial charge in [-0.1, -0.05) is 0 Å². The van der Waals surface area contributed by atoms with Crippen LogP contribution in [0.15, 0.2) is 18.2 Å². The second-order valence-electron chi connectivity index (χ2n) is 7.22. The molecule has 106 valence electrons. The van der Waals surface area contributed by atoms with E-state index < -0.39 is 5.97 Å². The molecule has 21 heavy (non-hydrogen) atoms. The molecule has 4 aliphatic rings. The molecule has 4 saturated carbocycles. The Hall–Kier alpha value is 0.126. The van der Waals surface area contributed by atoms with Crippen molar-refractivity contribution < 1.29 is 66.4 Å². The van der Waals surface area contributed by atoms with E-state index in [1.165, 1.54) is 31.4 Å². The van der Waals surface area contributed by atoms with Crippen molar-refractivity contribution in [3.8, 4) is 5.75 Å². The summed E-state index contributed by atoms with van der Waals surface area (Å²) in [4.78, 5) is 11.1. The van der Waals surface area contributed by atoms with Gasteiger partial charge in [0.25, 0.3) is 0 Å². The Labute approximate surface area is 167 Å². The van der Waals surface area contributed by atoms with E-state index in [-0.39, 0.29) is 68.1 Å². The van der Waals surface area contributed by atoms with Crippen LogP contribution in [0.2, 0.25) is 0 Å². The SMILES string of the molecule is O=C([O-])c1ccc(O)c(C23CC4CC(CC(C4)C2)C3)c1.[K+]. The summed E-state index contributed by atoms with van der Waals surface area (Å²) in [6, 6.07) is 4.63. The first-order chi connectivity index (χ1) is 9.56. The van der Waals surface area contributed by atoms with Crippen molar-refractivity contribution in [1.29, 1.82) is 0 Å². The molecular weight excluding hydrogens is 291 g/mol. The number of hydrogen-bond acceptors (Lipinski definition) is 3. The van der Waals surface area contributed by atoms with E-state index in [0.717, 1.165) is 42.6 Å². The summed E-state index contributed by atoms with van der Waals surface area (Å²) in [5.41, 5.74) is 1.07. The van der Waals surface area contributed by atoms with Crippen LogP contribution in [-0.4, -0.2) is 11.1 Å². The Bertz CT molecular complexity index is 546. The number of rotatable bonds is 2. The Balaban J connectivity index is 0.00000132. The van der Waals surface area contributed by atoms with Gasteiger partial charge in [0, 0.05) is 5.56 Å². The number of hydrogen-bond donors (Lipinski definition) is 1. The Morgan fingerprint density at radius 3 is 2.10 bits per heavy atom. The molecule has 3 nitrogen and oxygen atoms in total. The second-order valence-corrected chi connectivity index (χ2v) is 7.22. The van der Waals surface area contributed by atoms with E-state index in [9.17, 15) is 15.0 Å². The van der Waals surface area contributed by atoms with E-state index in [4.69, 9.17) is 0 Å². The van der Waals surface area contributed by atoms with Gasteiger partial charge in [-0.3, -0.25) is 0 Å². The molecule has 0 amide bonds. The van der Waals surface area contributed by atoms with Gasteiger partial charge < -0.3 is 15.0 Å². The molecule has 5 rings (SSSR count). The average Bonchev–Trinajstić information content (AvgIpc) is 2.37. The third kappa shape index (κ3) is 2.63. The standard InChI is InChI=1S/C17H20O3.K/c18-15-2-1-13(16(19)20)6-14(15)17-7-10-3-11(8-17)5-12(4-10)9-17;/h1-2,6,10-12,18H,3-5,7-9H2,(H,19,20);/q;+1/p-1. The molecular formula is C17H19KO3. The van der Waals surface area contributed by atoms with Gasteiger partial charge in [0.1, 0.15) is 5.75 Å². The molecule has 4 heteroatoms. The van der Waals surface area contributed by atoms with Crippen LogP contribution in [0.25, 0.3) is 0 Å². The largest absolute Gasteiger partial charge is 1.00 e. The molecule has 1 aromatic rings. The van der Waals surface area contributed by atoms with Gasteiger partial charge in [-0.2, -0.15) is 0 Å². The molecule has 0 spiro atoms. The van der Waals surface area contributed by atoms with Crippen molar-refractivity contribution >= 4 is 5.97 Å². The molecule has 0 unspecified atom stereocenters. The fourth-order valence-electron chi connectivity index (χ4n) is 5.53. The predicted molar refractivity (Wildman–Crippen MR) is 72.3 cm³/mol. The zero-order valence-electron chi connectivity index (χ0n) is 12.5. The monoisotopic (exact) mass is 310 g/mol. The average molecular weight is 310 g/mol. The molecule has 4 fully saturated rings. The summed E-state index contributed by atoms with van der Waals surface area (Å²) >= 11 is 0. The third-order valence-electron chi connectivity index (χ3n) is 5.84. The van der Waals surface area contributed by atoms with Crippen LogP contribution in [0.3, 0.4) is 0 Å². The number of benzene rings is 1. The van der Waals surface area contributed by atoms with E-state index >= 15 is 0 Å². The third-order valence-corrected chi connectivity index (χ3v) is 5.84. The molecule has 1 aromatic carbocycles. The van der Waals surface area contributed by atoms with Gasteiger partial charge in [-0.25, -0.2) is 0 Å². The normalized spacial score (nSPS) is 36.3. The summed E-state index contributed by atoms with van der Waals surface area (Å²) < 4.78 is 0. The molecule has 0 atom stereocenters. The first kappa shape index (κ1) is 16.0. The molecule has 0 radical (unpaired) electrons. The zero-order chi connectivity index (χ0) is 13.9. The number of carbonyl (C=O) groups is 1. The van der Waals surface area contributed by atoms with E-state index in [2.05, 4.69) is 0 Å². The minimum Gasteiger partial charge on any atom is -0.545 e. The molecule has 4 aliphatic carbocycles. The van der Waals surface area contributed by atoms with Crippen LogP contribution < -0.4 is 56.5 Å². The fraction of sp³-hybridized carbons (Fsp3) is 0.588. The first-order valence-corrected chi connectivity index (χ1v) is 7.60. The van der Waals surface area contributed by atoms with Crippen LogP contribution in [0.1, 0.15) is 54.4 Å². The smallest absolute Gasteiger partial charge is 0.545 e. The maximum absolute atomic E-state index is 11.1. The van der Waals surface area contributed by atoms with Gasteiger partial charge >= 0.3 is 51.4 Å². The summed E-state index contributed by atoms with van der Waals surface area (Å²) in [6.45, 7) is 0. The topological polar surface area (TPSA) is 60.4 Å². The Morgan fingerprint density at radius 2 is 1.62 bits per heavy atom. The van der Waals surface area contributed by atoms with Crippen LogP contribution in [0.5, 0.6) is 5.75 Å². The number of carboxylic acid groups (broad SMARTS) is 1. The van der Waals surface area contributed by atoms with Crippen LogP contribution in [0.4, 0.5) is 0 Å². The predicted octanol–water partition coefficient (Wildman–Crippen LogP) is -0.772. The van der Waals surface area contributed by atoms with Gasteiger partial charge in [0.2, 0.25) is 0 Å². The minimum absolute atomic E-state index is 0. The van der Waals surface area contributed by atoms with Gasteiger partial charge in [0.05, 0.1) is 5.97 Å². The van der Waals surface area contributed by atoms with E-state index in [0.29, 0.717) is 0 Å². The Kier molecular flexibility index (Phi) is 4.30. The number of carboxylic acids is 1. The van der Waals surface area contributed by atoms with Crippen LogP contribution in [0, 0.1) is 17.8 Å². The molecule has 0 aliphatic heterocycles. The molecule has 1 N–H and O–H groups in total. The van der Waals surface area contributed by atoms with Crippen LogP contribution >= 0.6 is 0 Å². The van der Waals surface area contributed by atoms with Gasteiger partial charge in [-0.15, -0.1) is 0 Å². The van der Waals surface area contributed by atoms with E-state index in [1.54, 1.807) is 6.07 Å². The minimum atomic E-state index is -1.16. The second kappa shape index (κ2) is 5.64. The molecule has 0 aromatic heterocycles. The van der Waals surface area contributed by atoms with Gasteiger partial charge in [0.15, 0.2) is 0 Å². The summed E-state index contributed by atoms with van der Waals surface area (Å²) in [5.74, 6) is 1.42. The number of phenolic OH excluding ortho intramolecular Hbond substituents is 1. The van der Waals surface area contributed by atoms with Crippen molar-refractivity contribution in [3.05, 3.63) is 29.3 Å². The molecule has 0 saturated heterocycles. The molecule has 4 bridgehead atoms. The maximum atomic E-state index is 11.1. The van der Waals surface area contributed by atoms with E-state index in [1.807, 2.05) is 0 Å².